The van der Waals surface area contributed by atoms with Crippen LogP contribution in [0.1, 0.15) is 31.0 Å². The highest BCUT2D eigenvalue weighted by atomic mass is 16.5. The second-order valence-corrected chi connectivity index (χ2v) is 7.82. The van der Waals surface area contributed by atoms with Gasteiger partial charge in [-0.1, -0.05) is 56.3 Å². The Morgan fingerprint density at radius 3 is 2.79 bits per heavy atom. The molecule has 2 heterocycles. The quantitative estimate of drug-likeness (QED) is 0.710. The lowest BCUT2D eigenvalue weighted by Crippen LogP contribution is -2.43. The molecule has 0 radical (unpaired) electrons. The summed E-state index contributed by atoms with van der Waals surface area (Å²) in [6.07, 6.45) is 2.82. The van der Waals surface area contributed by atoms with E-state index in [0.29, 0.717) is 18.9 Å². The Labute approximate surface area is 163 Å². The Hall–Kier alpha value is -3.28. The lowest BCUT2D eigenvalue weighted by Gasteiger charge is -2.39. The maximum Gasteiger partial charge on any atom is 0.405 e. The molecule has 0 saturated carbocycles. The van der Waals surface area contributed by atoms with Crippen molar-refractivity contribution in [3.63, 3.8) is 0 Å². The van der Waals surface area contributed by atoms with Crippen molar-refractivity contribution in [2.45, 2.75) is 26.4 Å². The molecule has 0 aliphatic carbocycles. The largest absolute Gasteiger partial charge is 0.493 e. The zero-order valence-corrected chi connectivity index (χ0v) is 15.9. The van der Waals surface area contributed by atoms with Gasteiger partial charge < -0.3 is 15.2 Å². The van der Waals surface area contributed by atoms with Crippen molar-refractivity contribution in [2.75, 3.05) is 6.61 Å². The van der Waals surface area contributed by atoms with Gasteiger partial charge in [0.05, 0.1) is 25.4 Å². The zero-order chi connectivity index (χ0) is 19.7. The van der Waals surface area contributed by atoms with Crippen LogP contribution in [-0.2, 0) is 6.54 Å². The Kier molecular flexibility index (Phi) is 4.55. The van der Waals surface area contributed by atoms with Crippen molar-refractivity contribution >= 4 is 6.09 Å². The number of carboxylic acid groups (broad SMARTS) is 1. The number of amides is 1. The molecule has 28 heavy (non-hydrogen) atoms. The lowest BCUT2D eigenvalue weighted by atomic mass is 9.78. The highest BCUT2D eigenvalue weighted by Gasteiger charge is 2.38. The van der Waals surface area contributed by atoms with Gasteiger partial charge in [-0.25, -0.2) is 4.79 Å². The van der Waals surface area contributed by atoms with E-state index in [1.807, 2.05) is 67.3 Å². The van der Waals surface area contributed by atoms with Gasteiger partial charge in [0, 0.05) is 22.7 Å². The molecule has 1 aromatic heterocycles. The molecule has 6 nitrogen and oxygen atoms in total. The van der Waals surface area contributed by atoms with Crippen LogP contribution in [0.25, 0.3) is 11.1 Å². The molecule has 144 valence electrons. The van der Waals surface area contributed by atoms with Crippen molar-refractivity contribution in [1.29, 1.82) is 0 Å². The lowest BCUT2D eigenvalue weighted by molar-refractivity contribution is 0.0996. The average molecular weight is 377 g/mol. The first-order chi connectivity index (χ1) is 13.4. The summed E-state index contributed by atoms with van der Waals surface area (Å²) in [6.45, 7) is 5.15. The van der Waals surface area contributed by atoms with E-state index < -0.39 is 6.09 Å². The van der Waals surface area contributed by atoms with Crippen LogP contribution < -0.4 is 10.1 Å². The van der Waals surface area contributed by atoms with E-state index >= 15 is 0 Å². The fourth-order valence-electron chi connectivity index (χ4n) is 3.61. The summed E-state index contributed by atoms with van der Waals surface area (Å²) in [4.78, 5) is 11.2. The fourth-order valence-corrected chi connectivity index (χ4v) is 3.61. The summed E-state index contributed by atoms with van der Waals surface area (Å²) < 4.78 is 7.86. The van der Waals surface area contributed by atoms with Gasteiger partial charge in [-0.05, 0) is 17.2 Å². The maximum atomic E-state index is 11.2. The molecule has 1 amide bonds. The van der Waals surface area contributed by atoms with E-state index in [9.17, 15) is 9.90 Å². The van der Waals surface area contributed by atoms with Crippen LogP contribution in [0.3, 0.4) is 0 Å². The van der Waals surface area contributed by atoms with Gasteiger partial charge in [-0.15, -0.1) is 0 Å². The molecule has 2 aromatic carbocycles. The third-order valence-electron chi connectivity index (χ3n) is 5.13. The number of fused-ring (bicyclic) bond motifs is 1. The van der Waals surface area contributed by atoms with E-state index in [2.05, 4.69) is 22.5 Å². The Morgan fingerprint density at radius 2 is 2.04 bits per heavy atom. The van der Waals surface area contributed by atoms with Crippen molar-refractivity contribution in [1.82, 2.24) is 15.1 Å². The highest BCUT2D eigenvalue weighted by molar-refractivity contribution is 5.68. The molecule has 0 spiro atoms. The zero-order valence-electron chi connectivity index (χ0n) is 15.9. The van der Waals surface area contributed by atoms with Gasteiger partial charge in [0.25, 0.3) is 0 Å². The first-order valence-electron chi connectivity index (χ1n) is 9.25. The molecule has 2 N–H and O–H groups in total. The second kappa shape index (κ2) is 7.03. The predicted octanol–water partition coefficient (Wildman–Crippen LogP) is 4.33. The number of benzene rings is 2. The third-order valence-corrected chi connectivity index (χ3v) is 5.13. The number of carbonyl (C=O) groups is 1. The molecular formula is C22H23N3O3. The summed E-state index contributed by atoms with van der Waals surface area (Å²) in [5.74, 6) is 0.714. The molecule has 1 unspecified atom stereocenters. The number of ether oxygens (including phenoxy) is 1. The number of aromatic nitrogens is 2. The smallest absolute Gasteiger partial charge is 0.405 e. The van der Waals surface area contributed by atoms with Crippen LogP contribution >= 0.6 is 0 Å². The monoisotopic (exact) mass is 377 g/mol. The van der Waals surface area contributed by atoms with Crippen LogP contribution in [0, 0.1) is 5.41 Å². The maximum absolute atomic E-state index is 11.2. The summed E-state index contributed by atoms with van der Waals surface area (Å²) in [7, 11) is 0. The van der Waals surface area contributed by atoms with E-state index in [-0.39, 0.29) is 11.5 Å². The van der Waals surface area contributed by atoms with Gasteiger partial charge >= 0.3 is 6.09 Å². The summed E-state index contributed by atoms with van der Waals surface area (Å²) in [5.41, 5.74) is 3.71. The number of nitrogens with zero attached hydrogens (tertiary/aromatic N) is 2. The SMILES string of the molecule is CC1(C)COc2cc(-c3cnn(Cc4ccccc4)c3)ccc2C1NC(=O)O. The molecule has 3 aromatic rings. The first-order valence-corrected chi connectivity index (χ1v) is 9.25. The molecule has 6 heteroatoms. The normalized spacial score (nSPS) is 17.4. The van der Waals surface area contributed by atoms with Gasteiger partial charge in [0.2, 0.25) is 0 Å². The molecule has 4 rings (SSSR count). The van der Waals surface area contributed by atoms with Crippen LogP contribution in [-0.4, -0.2) is 27.6 Å². The topological polar surface area (TPSA) is 76.4 Å². The first kappa shape index (κ1) is 18.1. The molecule has 1 atom stereocenters. The number of hydrogen-bond donors (Lipinski definition) is 2. The molecule has 0 saturated heterocycles. The summed E-state index contributed by atoms with van der Waals surface area (Å²) >= 11 is 0. The van der Waals surface area contributed by atoms with E-state index in [1.165, 1.54) is 5.56 Å². The minimum Gasteiger partial charge on any atom is -0.493 e. The fraction of sp³-hybridized carbons (Fsp3) is 0.273. The number of hydrogen-bond acceptors (Lipinski definition) is 3. The van der Waals surface area contributed by atoms with Gasteiger partial charge in [0.15, 0.2) is 0 Å². The summed E-state index contributed by atoms with van der Waals surface area (Å²) in [6, 6.07) is 15.8. The van der Waals surface area contributed by atoms with E-state index in [1.54, 1.807) is 0 Å². The Bertz CT molecular complexity index is 995. The minimum atomic E-state index is -1.03. The number of nitrogens with one attached hydrogen (secondary N) is 1. The van der Waals surface area contributed by atoms with Crippen LogP contribution in [0.4, 0.5) is 4.79 Å². The van der Waals surface area contributed by atoms with Crippen molar-refractivity contribution < 1.29 is 14.6 Å². The summed E-state index contributed by atoms with van der Waals surface area (Å²) in [5, 5.41) is 16.3. The van der Waals surface area contributed by atoms with Crippen molar-refractivity contribution in [2.24, 2.45) is 5.41 Å². The van der Waals surface area contributed by atoms with E-state index in [0.717, 1.165) is 16.7 Å². The second-order valence-electron chi connectivity index (χ2n) is 7.82. The van der Waals surface area contributed by atoms with E-state index in [4.69, 9.17) is 4.74 Å². The third kappa shape index (κ3) is 3.58. The predicted molar refractivity (Wildman–Crippen MR) is 106 cm³/mol. The number of rotatable bonds is 4. The average Bonchev–Trinajstić information content (AvgIpc) is 3.13. The minimum absolute atomic E-state index is 0.316. The van der Waals surface area contributed by atoms with Gasteiger partial charge in [0.1, 0.15) is 5.75 Å². The molecular weight excluding hydrogens is 354 g/mol. The molecule has 0 fully saturated rings. The Balaban J connectivity index is 1.60. The standard InChI is InChI=1S/C22H23N3O3/c1-22(2)14-28-19-10-16(8-9-18(19)20(22)24-21(26)27)17-11-23-25(13-17)12-15-6-4-3-5-7-15/h3-11,13,20,24H,12,14H2,1-2H3,(H,26,27). The molecule has 0 bridgehead atoms. The van der Waals surface area contributed by atoms with Crippen LogP contribution in [0.5, 0.6) is 5.75 Å². The molecule has 1 aliphatic rings. The van der Waals surface area contributed by atoms with Gasteiger partial charge in [-0.2, -0.15) is 5.10 Å². The van der Waals surface area contributed by atoms with Crippen molar-refractivity contribution in [3.05, 3.63) is 72.1 Å². The van der Waals surface area contributed by atoms with Gasteiger partial charge in [-0.3, -0.25) is 4.68 Å². The van der Waals surface area contributed by atoms with Crippen LogP contribution in [0.2, 0.25) is 0 Å². The Morgan fingerprint density at radius 1 is 1.25 bits per heavy atom. The van der Waals surface area contributed by atoms with Crippen molar-refractivity contribution in [3.8, 4) is 16.9 Å². The molecule has 1 aliphatic heterocycles. The van der Waals surface area contributed by atoms with Crippen LogP contribution in [0.15, 0.2) is 60.9 Å². The highest BCUT2D eigenvalue weighted by Crippen LogP contribution is 2.44.